The monoisotopic (exact) mass is 129 g/mol. The predicted octanol–water partition coefficient (Wildman–Crippen LogP) is -0.902. The summed E-state index contributed by atoms with van der Waals surface area (Å²) in [7, 11) is 0. The van der Waals surface area contributed by atoms with Crippen LogP contribution in [-0.4, -0.2) is 30.1 Å². The Kier molecular flexibility index (Phi) is 1.57. The van der Waals surface area contributed by atoms with Crippen molar-refractivity contribution in [3.63, 3.8) is 0 Å². The zero-order valence-electron chi connectivity index (χ0n) is 5.21. The molecule has 1 fully saturated rings. The van der Waals surface area contributed by atoms with E-state index in [1.807, 2.05) is 0 Å². The van der Waals surface area contributed by atoms with Gasteiger partial charge in [-0.25, -0.2) is 4.79 Å². The Labute approximate surface area is 53.8 Å². The first kappa shape index (κ1) is 6.35. The SMILES string of the molecule is NCC1CCN1C(N)=O. The van der Waals surface area contributed by atoms with Gasteiger partial charge in [-0.1, -0.05) is 0 Å². The fraction of sp³-hybridized carbons (Fsp3) is 0.800. The topological polar surface area (TPSA) is 72.3 Å². The van der Waals surface area contributed by atoms with Crippen LogP contribution in [-0.2, 0) is 0 Å². The highest BCUT2D eigenvalue weighted by molar-refractivity contribution is 5.73. The van der Waals surface area contributed by atoms with Gasteiger partial charge < -0.3 is 16.4 Å². The molecule has 4 N–H and O–H groups in total. The van der Waals surface area contributed by atoms with Crippen molar-refractivity contribution in [3.8, 4) is 0 Å². The third kappa shape index (κ3) is 0.977. The number of primary amides is 1. The minimum absolute atomic E-state index is 0.211. The molecule has 1 heterocycles. The van der Waals surface area contributed by atoms with Gasteiger partial charge in [0.25, 0.3) is 0 Å². The lowest BCUT2D eigenvalue weighted by molar-refractivity contribution is 0.127. The number of likely N-dealkylation sites (tertiary alicyclic amines) is 1. The predicted molar refractivity (Wildman–Crippen MR) is 33.7 cm³/mol. The Morgan fingerprint density at radius 2 is 2.44 bits per heavy atom. The van der Waals surface area contributed by atoms with Crippen LogP contribution < -0.4 is 11.5 Å². The van der Waals surface area contributed by atoms with Crippen molar-refractivity contribution in [2.45, 2.75) is 12.5 Å². The molecule has 1 saturated heterocycles. The van der Waals surface area contributed by atoms with Crippen LogP contribution in [0.15, 0.2) is 0 Å². The maximum absolute atomic E-state index is 10.4. The van der Waals surface area contributed by atoms with Crippen molar-refractivity contribution in [3.05, 3.63) is 0 Å². The molecule has 1 rings (SSSR count). The summed E-state index contributed by atoms with van der Waals surface area (Å²) in [6.45, 7) is 1.31. The molecule has 2 amide bonds. The van der Waals surface area contributed by atoms with E-state index in [0.717, 1.165) is 13.0 Å². The van der Waals surface area contributed by atoms with E-state index in [9.17, 15) is 4.79 Å². The van der Waals surface area contributed by atoms with E-state index in [2.05, 4.69) is 0 Å². The number of hydrogen-bond acceptors (Lipinski definition) is 2. The number of nitrogens with zero attached hydrogens (tertiary/aromatic N) is 1. The lowest BCUT2D eigenvalue weighted by Crippen LogP contribution is -2.56. The van der Waals surface area contributed by atoms with Crippen LogP contribution in [0.1, 0.15) is 6.42 Å². The molecule has 9 heavy (non-hydrogen) atoms. The van der Waals surface area contributed by atoms with E-state index in [4.69, 9.17) is 11.5 Å². The summed E-state index contributed by atoms with van der Waals surface area (Å²) >= 11 is 0. The average molecular weight is 129 g/mol. The summed E-state index contributed by atoms with van der Waals surface area (Å²) in [4.78, 5) is 12.0. The van der Waals surface area contributed by atoms with Crippen LogP contribution in [0.5, 0.6) is 0 Å². The Morgan fingerprint density at radius 1 is 1.78 bits per heavy atom. The van der Waals surface area contributed by atoms with Gasteiger partial charge in [0.1, 0.15) is 0 Å². The molecule has 0 aromatic rings. The first-order chi connectivity index (χ1) is 4.25. The van der Waals surface area contributed by atoms with Gasteiger partial charge in [0.2, 0.25) is 0 Å². The van der Waals surface area contributed by atoms with Crippen molar-refractivity contribution in [1.82, 2.24) is 4.90 Å². The van der Waals surface area contributed by atoms with Gasteiger partial charge in [-0.3, -0.25) is 0 Å². The smallest absolute Gasteiger partial charge is 0.315 e. The lowest BCUT2D eigenvalue weighted by atomic mass is 10.1. The highest BCUT2D eigenvalue weighted by atomic mass is 16.2. The van der Waals surface area contributed by atoms with Gasteiger partial charge in [0, 0.05) is 19.1 Å². The Balaban J connectivity index is 2.35. The van der Waals surface area contributed by atoms with Crippen molar-refractivity contribution in [2.75, 3.05) is 13.1 Å². The van der Waals surface area contributed by atoms with E-state index < -0.39 is 0 Å². The van der Waals surface area contributed by atoms with Crippen molar-refractivity contribution < 1.29 is 4.79 Å². The van der Waals surface area contributed by atoms with Gasteiger partial charge >= 0.3 is 6.03 Å². The van der Waals surface area contributed by atoms with Crippen LogP contribution >= 0.6 is 0 Å². The van der Waals surface area contributed by atoms with E-state index in [0.29, 0.717) is 6.54 Å². The summed E-state index contributed by atoms with van der Waals surface area (Å²) in [6.07, 6.45) is 0.999. The van der Waals surface area contributed by atoms with Crippen LogP contribution in [0.4, 0.5) is 4.79 Å². The lowest BCUT2D eigenvalue weighted by Gasteiger charge is -2.38. The van der Waals surface area contributed by atoms with Crippen molar-refractivity contribution in [2.24, 2.45) is 11.5 Å². The maximum atomic E-state index is 10.4. The molecular weight excluding hydrogens is 118 g/mol. The van der Waals surface area contributed by atoms with Crippen molar-refractivity contribution >= 4 is 6.03 Å². The molecule has 52 valence electrons. The molecule has 0 bridgehead atoms. The van der Waals surface area contributed by atoms with Gasteiger partial charge in [0.15, 0.2) is 0 Å². The number of hydrogen-bond donors (Lipinski definition) is 2. The maximum Gasteiger partial charge on any atom is 0.315 e. The average Bonchev–Trinajstić information content (AvgIpc) is 1.61. The zero-order valence-corrected chi connectivity index (χ0v) is 5.21. The van der Waals surface area contributed by atoms with Gasteiger partial charge in [-0.15, -0.1) is 0 Å². The Morgan fingerprint density at radius 3 is 2.56 bits per heavy atom. The largest absolute Gasteiger partial charge is 0.351 e. The number of carbonyl (C=O) groups is 1. The molecule has 1 unspecified atom stereocenters. The first-order valence-electron chi connectivity index (χ1n) is 3.02. The molecule has 0 radical (unpaired) electrons. The zero-order chi connectivity index (χ0) is 6.85. The summed E-state index contributed by atoms with van der Waals surface area (Å²) in [6, 6.07) is -0.140. The number of urea groups is 1. The molecule has 4 heteroatoms. The normalized spacial score (nSPS) is 25.4. The third-order valence-corrected chi connectivity index (χ3v) is 1.70. The summed E-state index contributed by atoms with van der Waals surface area (Å²) in [5.74, 6) is 0. The van der Waals surface area contributed by atoms with Crippen LogP contribution in [0.25, 0.3) is 0 Å². The molecule has 1 aliphatic rings. The Hall–Kier alpha value is -0.770. The molecule has 1 atom stereocenters. The quantitative estimate of drug-likeness (QED) is 0.481. The number of carbonyl (C=O) groups excluding carboxylic acids is 1. The molecule has 0 aliphatic carbocycles. The summed E-state index contributed by atoms with van der Waals surface area (Å²) in [5, 5.41) is 0. The van der Waals surface area contributed by atoms with Crippen molar-refractivity contribution in [1.29, 1.82) is 0 Å². The van der Waals surface area contributed by atoms with Crippen LogP contribution in [0, 0.1) is 0 Å². The van der Waals surface area contributed by atoms with Gasteiger partial charge in [-0.05, 0) is 6.42 Å². The second-order valence-electron chi connectivity index (χ2n) is 2.21. The molecular formula is C5H11N3O. The van der Waals surface area contributed by atoms with E-state index in [1.54, 1.807) is 4.90 Å². The van der Waals surface area contributed by atoms with E-state index in [-0.39, 0.29) is 12.1 Å². The molecule has 0 aromatic heterocycles. The van der Waals surface area contributed by atoms with E-state index in [1.165, 1.54) is 0 Å². The standard InChI is InChI=1S/C5H11N3O/c6-3-4-1-2-8(4)5(7)9/h4H,1-3,6H2,(H2,7,9). The molecule has 4 nitrogen and oxygen atoms in total. The molecule has 1 aliphatic heterocycles. The third-order valence-electron chi connectivity index (χ3n) is 1.70. The van der Waals surface area contributed by atoms with Crippen LogP contribution in [0.3, 0.4) is 0 Å². The fourth-order valence-electron chi connectivity index (χ4n) is 0.976. The number of amides is 2. The highest BCUT2D eigenvalue weighted by Gasteiger charge is 2.28. The van der Waals surface area contributed by atoms with E-state index >= 15 is 0 Å². The van der Waals surface area contributed by atoms with Gasteiger partial charge in [-0.2, -0.15) is 0 Å². The number of rotatable bonds is 1. The van der Waals surface area contributed by atoms with Crippen LogP contribution in [0.2, 0.25) is 0 Å². The summed E-state index contributed by atoms with van der Waals surface area (Å²) in [5.41, 5.74) is 10.3. The second-order valence-corrected chi connectivity index (χ2v) is 2.21. The first-order valence-corrected chi connectivity index (χ1v) is 3.02. The second kappa shape index (κ2) is 2.23. The highest BCUT2D eigenvalue weighted by Crippen LogP contribution is 2.14. The molecule has 0 aromatic carbocycles. The molecule has 0 saturated carbocycles. The summed E-state index contributed by atoms with van der Waals surface area (Å²) < 4.78 is 0. The number of nitrogens with two attached hydrogens (primary N) is 2. The minimum atomic E-state index is -0.350. The van der Waals surface area contributed by atoms with Gasteiger partial charge in [0.05, 0.1) is 0 Å². The Bertz CT molecular complexity index is 123. The molecule has 0 spiro atoms. The fourth-order valence-corrected chi connectivity index (χ4v) is 0.976. The minimum Gasteiger partial charge on any atom is -0.351 e.